The Hall–Kier alpha value is -2.62. The molecule has 2 amide bonds. The largest absolute Gasteiger partial charge is 0.497 e. The first-order valence-electron chi connectivity index (χ1n) is 9.77. The Bertz CT molecular complexity index is 851. The maximum absolute atomic E-state index is 12.5. The third-order valence-corrected chi connectivity index (χ3v) is 5.93. The van der Waals surface area contributed by atoms with E-state index in [0.717, 1.165) is 31.7 Å². The van der Waals surface area contributed by atoms with E-state index in [-0.39, 0.29) is 6.04 Å². The molecule has 2 heterocycles. The summed E-state index contributed by atoms with van der Waals surface area (Å²) in [6.45, 7) is 4.16. The van der Waals surface area contributed by atoms with Crippen molar-refractivity contribution in [2.75, 3.05) is 59.3 Å². The quantitative estimate of drug-likeness (QED) is 0.650. The average Bonchev–Trinajstić information content (AvgIpc) is 3.29. The number of hydrogen-bond acceptors (Lipinski definition) is 7. The first kappa shape index (κ1) is 22.1. The summed E-state index contributed by atoms with van der Waals surface area (Å²) in [5.41, 5.74) is 1.56. The Kier molecular flexibility index (Phi) is 7.67. The monoisotopic (exact) mass is 432 g/mol. The van der Waals surface area contributed by atoms with Crippen LogP contribution in [-0.4, -0.2) is 75.6 Å². The number of hydrogen-bond donors (Lipinski definition) is 2. The minimum Gasteiger partial charge on any atom is -0.497 e. The van der Waals surface area contributed by atoms with Gasteiger partial charge in [0.1, 0.15) is 11.5 Å². The summed E-state index contributed by atoms with van der Waals surface area (Å²) >= 11 is 1.63. The number of anilines is 1. The highest BCUT2D eigenvalue weighted by molar-refractivity contribution is 7.08. The number of carbonyl (C=O) groups is 2. The van der Waals surface area contributed by atoms with E-state index in [1.807, 2.05) is 5.38 Å². The van der Waals surface area contributed by atoms with Crippen molar-refractivity contribution in [3.63, 3.8) is 0 Å². The average molecular weight is 433 g/mol. The van der Waals surface area contributed by atoms with Gasteiger partial charge in [0.25, 0.3) is 0 Å². The van der Waals surface area contributed by atoms with Gasteiger partial charge in [0.15, 0.2) is 0 Å². The second-order valence-corrected chi connectivity index (χ2v) is 7.92. The highest BCUT2D eigenvalue weighted by atomic mass is 32.1. The normalized spacial score (nSPS) is 16.0. The maximum Gasteiger partial charge on any atom is 0.313 e. The zero-order chi connectivity index (χ0) is 21.5. The van der Waals surface area contributed by atoms with Gasteiger partial charge in [-0.15, -0.1) is 0 Å². The SMILES string of the molecule is COc1ccc(NC(=O)C(=O)NC[C@H](c2ccsc2)N2CCN(C)CC2)c(OC)c1. The number of benzene rings is 1. The van der Waals surface area contributed by atoms with Crippen molar-refractivity contribution in [2.45, 2.75) is 6.04 Å². The molecule has 0 unspecified atom stereocenters. The van der Waals surface area contributed by atoms with Crippen molar-refractivity contribution in [3.8, 4) is 11.5 Å². The summed E-state index contributed by atoms with van der Waals surface area (Å²) < 4.78 is 10.4. The lowest BCUT2D eigenvalue weighted by Crippen LogP contribution is -2.49. The zero-order valence-corrected chi connectivity index (χ0v) is 18.3. The first-order valence-corrected chi connectivity index (χ1v) is 10.7. The highest BCUT2D eigenvalue weighted by Crippen LogP contribution is 2.29. The van der Waals surface area contributed by atoms with Gasteiger partial charge in [-0.3, -0.25) is 14.5 Å². The van der Waals surface area contributed by atoms with Crippen molar-refractivity contribution in [3.05, 3.63) is 40.6 Å². The molecular weight excluding hydrogens is 404 g/mol. The molecule has 1 atom stereocenters. The molecule has 0 bridgehead atoms. The smallest absolute Gasteiger partial charge is 0.313 e. The molecule has 0 saturated carbocycles. The van der Waals surface area contributed by atoms with Crippen LogP contribution < -0.4 is 20.1 Å². The van der Waals surface area contributed by atoms with Crippen LogP contribution in [0.2, 0.25) is 0 Å². The molecule has 30 heavy (non-hydrogen) atoms. The summed E-state index contributed by atoms with van der Waals surface area (Å²) in [5.74, 6) is -0.396. The van der Waals surface area contributed by atoms with Gasteiger partial charge in [0.05, 0.1) is 25.9 Å². The molecule has 1 aromatic carbocycles. The van der Waals surface area contributed by atoms with Crippen molar-refractivity contribution in [1.29, 1.82) is 0 Å². The molecule has 9 heteroatoms. The minimum atomic E-state index is -0.735. The number of likely N-dealkylation sites (N-methyl/N-ethyl adjacent to an activating group) is 1. The number of amides is 2. The molecule has 0 aliphatic carbocycles. The molecule has 8 nitrogen and oxygen atoms in total. The van der Waals surface area contributed by atoms with E-state index in [1.54, 1.807) is 36.6 Å². The van der Waals surface area contributed by atoms with E-state index < -0.39 is 11.8 Å². The molecule has 1 aromatic heterocycles. The fourth-order valence-corrected chi connectivity index (χ4v) is 4.11. The second kappa shape index (κ2) is 10.4. The number of methoxy groups -OCH3 is 2. The zero-order valence-electron chi connectivity index (χ0n) is 17.5. The number of nitrogens with one attached hydrogen (secondary N) is 2. The van der Waals surface area contributed by atoms with Gasteiger partial charge in [-0.2, -0.15) is 11.3 Å². The Morgan fingerprint density at radius 2 is 1.87 bits per heavy atom. The first-order chi connectivity index (χ1) is 14.5. The fraction of sp³-hybridized carbons (Fsp3) is 0.429. The topological polar surface area (TPSA) is 83.1 Å². The third-order valence-electron chi connectivity index (χ3n) is 5.23. The number of carbonyl (C=O) groups excluding carboxylic acids is 2. The molecule has 1 fully saturated rings. The summed E-state index contributed by atoms with van der Waals surface area (Å²) in [4.78, 5) is 29.5. The maximum atomic E-state index is 12.5. The second-order valence-electron chi connectivity index (χ2n) is 7.14. The number of nitrogens with zero attached hydrogens (tertiary/aromatic N) is 2. The Balaban J connectivity index is 1.62. The standard InChI is InChI=1S/C21H28N4O4S/c1-24-7-9-25(10-8-24)18(15-6-11-30-14-15)13-22-20(26)21(27)23-17-5-4-16(28-2)12-19(17)29-3/h4-6,11-12,14,18H,7-10,13H2,1-3H3,(H,22,26)(H,23,27)/t18-/m1/s1. The molecule has 0 spiro atoms. The van der Waals surface area contributed by atoms with Crippen LogP contribution in [0.4, 0.5) is 5.69 Å². The van der Waals surface area contributed by atoms with Crippen LogP contribution in [0.3, 0.4) is 0 Å². The van der Waals surface area contributed by atoms with Crippen LogP contribution in [0, 0.1) is 0 Å². The molecule has 0 radical (unpaired) electrons. The molecule has 1 saturated heterocycles. The van der Waals surface area contributed by atoms with Crippen LogP contribution in [0.25, 0.3) is 0 Å². The van der Waals surface area contributed by atoms with E-state index in [9.17, 15) is 9.59 Å². The summed E-state index contributed by atoms with van der Waals surface area (Å²) in [6.07, 6.45) is 0. The number of thiophene rings is 1. The van der Waals surface area contributed by atoms with E-state index in [2.05, 4.69) is 38.9 Å². The van der Waals surface area contributed by atoms with Gasteiger partial charge >= 0.3 is 11.8 Å². The number of piperazine rings is 1. The van der Waals surface area contributed by atoms with Crippen molar-refractivity contribution in [1.82, 2.24) is 15.1 Å². The van der Waals surface area contributed by atoms with Gasteiger partial charge < -0.3 is 25.0 Å². The lowest BCUT2D eigenvalue weighted by atomic mass is 10.1. The lowest BCUT2D eigenvalue weighted by molar-refractivity contribution is -0.136. The predicted molar refractivity (Wildman–Crippen MR) is 117 cm³/mol. The van der Waals surface area contributed by atoms with Crippen LogP contribution in [0.1, 0.15) is 11.6 Å². The molecule has 1 aliphatic rings. The van der Waals surface area contributed by atoms with E-state index in [4.69, 9.17) is 9.47 Å². The molecule has 1 aliphatic heterocycles. The van der Waals surface area contributed by atoms with Crippen LogP contribution in [-0.2, 0) is 9.59 Å². The van der Waals surface area contributed by atoms with Gasteiger partial charge in [-0.05, 0) is 41.6 Å². The summed E-state index contributed by atoms with van der Waals surface area (Å²) in [7, 11) is 5.15. The third kappa shape index (κ3) is 5.50. The van der Waals surface area contributed by atoms with Crippen LogP contribution in [0.15, 0.2) is 35.0 Å². The lowest BCUT2D eigenvalue weighted by Gasteiger charge is -2.37. The number of ether oxygens (including phenoxy) is 2. The molecular formula is C21H28N4O4S. The molecule has 3 rings (SSSR count). The Morgan fingerprint density at radius 1 is 1.10 bits per heavy atom. The fourth-order valence-electron chi connectivity index (χ4n) is 3.41. The van der Waals surface area contributed by atoms with Crippen molar-refractivity contribution in [2.24, 2.45) is 0 Å². The summed E-state index contributed by atoms with van der Waals surface area (Å²) in [6, 6.07) is 7.09. The Morgan fingerprint density at radius 3 is 2.50 bits per heavy atom. The molecule has 2 aromatic rings. The molecule has 2 N–H and O–H groups in total. The molecule has 162 valence electrons. The van der Waals surface area contributed by atoms with E-state index >= 15 is 0 Å². The van der Waals surface area contributed by atoms with Crippen LogP contribution in [0.5, 0.6) is 11.5 Å². The predicted octanol–water partition coefficient (Wildman–Crippen LogP) is 1.81. The van der Waals surface area contributed by atoms with Gasteiger partial charge in [0, 0.05) is 38.8 Å². The number of rotatable bonds is 7. The van der Waals surface area contributed by atoms with Crippen molar-refractivity contribution >= 4 is 28.8 Å². The van der Waals surface area contributed by atoms with Gasteiger partial charge in [-0.1, -0.05) is 0 Å². The summed E-state index contributed by atoms with van der Waals surface area (Å²) in [5, 5.41) is 9.52. The van der Waals surface area contributed by atoms with Gasteiger partial charge in [0.2, 0.25) is 0 Å². The highest BCUT2D eigenvalue weighted by Gasteiger charge is 2.26. The van der Waals surface area contributed by atoms with E-state index in [1.165, 1.54) is 7.11 Å². The minimum absolute atomic E-state index is 0.0391. The Labute approximate surface area is 180 Å². The van der Waals surface area contributed by atoms with Crippen molar-refractivity contribution < 1.29 is 19.1 Å². The van der Waals surface area contributed by atoms with Gasteiger partial charge in [-0.25, -0.2) is 0 Å². The van der Waals surface area contributed by atoms with E-state index in [0.29, 0.717) is 23.7 Å². The van der Waals surface area contributed by atoms with Crippen LogP contribution >= 0.6 is 11.3 Å².